The Balaban J connectivity index is 1.67. The van der Waals surface area contributed by atoms with Gasteiger partial charge in [-0.15, -0.1) is 0 Å². The van der Waals surface area contributed by atoms with Gasteiger partial charge in [-0.3, -0.25) is 4.79 Å². The Hall–Kier alpha value is -1.65. The predicted octanol–water partition coefficient (Wildman–Crippen LogP) is 2.66. The molecule has 0 atom stereocenters. The van der Waals surface area contributed by atoms with Crippen molar-refractivity contribution in [2.45, 2.75) is 66.9 Å². The molecule has 0 aromatic heterocycles. The van der Waals surface area contributed by atoms with Gasteiger partial charge in [-0.1, -0.05) is 6.07 Å². The fourth-order valence-electron chi connectivity index (χ4n) is 3.96. The van der Waals surface area contributed by atoms with Gasteiger partial charge in [0.15, 0.2) is 9.84 Å². The Bertz CT molecular complexity index is 903. The molecule has 2 fully saturated rings. The summed E-state index contributed by atoms with van der Waals surface area (Å²) in [4.78, 5) is 12.2. The third-order valence-electron chi connectivity index (χ3n) is 6.46. The smallest absolute Gasteiger partial charge is 0.381 e. The molecule has 1 amide bonds. The lowest BCUT2D eigenvalue weighted by Gasteiger charge is -2.46. The largest absolute Gasteiger partial charge is 0.416 e. The summed E-state index contributed by atoms with van der Waals surface area (Å²) in [6.07, 6.45) is -2.94. The van der Waals surface area contributed by atoms with Crippen LogP contribution in [0, 0.1) is 5.92 Å². The van der Waals surface area contributed by atoms with E-state index < -0.39 is 31.9 Å². The Kier molecular flexibility index (Phi) is 5.98. The normalized spacial score (nSPS) is 24.7. The van der Waals surface area contributed by atoms with E-state index >= 15 is 0 Å². The van der Waals surface area contributed by atoms with Gasteiger partial charge in [0.2, 0.25) is 5.91 Å². The van der Waals surface area contributed by atoms with Gasteiger partial charge in [-0.05, 0) is 63.6 Å². The lowest BCUT2D eigenvalue weighted by molar-refractivity contribution is -0.137. The molecule has 1 saturated carbocycles. The second-order valence-corrected chi connectivity index (χ2v) is 11.3. The zero-order valence-corrected chi connectivity index (χ0v) is 17.8. The molecule has 3 N–H and O–H groups in total. The molecule has 10 heteroatoms. The van der Waals surface area contributed by atoms with Gasteiger partial charge >= 0.3 is 6.18 Å². The predicted molar refractivity (Wildman–Crippen MR) is 104 cm³/mol. The number of sulfone groups is 1. The number of carbonyl (C=O) groups excluding carboxylic acids is 1. The molecular formula is C20H27F3N2O4S. The first-order valence-electron chi connectivity index (χ1n) is 9.87. The van der Waals surface area contributed by atoms with Crippen LogP contribution in [0.15, 0.2) is 29.2 Å². The highest BCUT2D eigenvalue weighted by Gasteiger charge is 2.50. The van der Waals surface area contributed by atoms with Crippen LogP contribution in [0.4, 0.5) is 13.2 Å². The minimum atomic E-state index is -4.62. The van der Waals surface area contributed by atoms with Crippen molar-refractivity contribution in [3.8, 4) is 0 Å². The maximum Gasteiger partial charge on any atom is 0.416 e. The number of ether oxygens (including phenoxy) is 1. The van der Waals surface area contributed by atoms with E-state index in [1.165, 1.54) is 19.9 Å². The van der Waals surface area contributed by atoms with Crippen LogP contribution in [0.5, 0.6) is 0 Å². The maximum absolute atomic E-state index is 13.1. The number of benzene rings is 1. The lowest BCUT2D eigenvalue weighted by Crippen LogP contribution is -2.61. The van der Waals surface area contributed by atoms with Crippen molar-refractivity contribution in [2.24, 2.45) is 11.7 Å². The molecule has 1 aromatic carbocycles. The number of carbonyl (C=O) groups is 1. The van der Waals surface area contributed by atoms with E-state index in [1.54, 1.807) is 0 Å². The summed E-state index contributed by atoms with van der Waals surface area (Å²) in [6, 6.07) is 3.61. The summed E-state index contributed by atoms with van der Waals surface area (Å²) < 4.78 is 69.1. The fraction of sp³-hybridized carbons (Fsp3) is 0.650. The number of halogens is 3. The Morgan fingerprint density at radius 1 is 1.20 bits per heavy atom. The molecule has 2 aliphatic rings. The zero-order chi connectivity index (χ0) is 22.4. The number of nitrogens with two attached hydrogens (primary N) is 1. The van der Waals surface area contributed by atoms with Gasteiger partial charge in [0.1, 0.15) is 0 Å². The Labute approximate surface area is 174 Å². The van der Waals surface area contributed by atoms with Crippen molar-refractivity contribution in [1.82, 2.24) is 5.32 Å². The van der Waals surface area contributed by atoms with Crippen molar-refractivity contribution in [1.29, 1.82) is 0 Å². The molecule has 0 unspecified atom stereocenters. The molecule has 1 aliphatic heterocycles. The first-order valence-corrected chi connectivity index (χ1v) is 11.4. The average molecular weight is 449 g/mol. The van der Waals surface area contributed by atoms with Gasteiger partial charge in [0.25, 0.3) is 0 Å². The van der Waals surface area contributed by atoms with Crippen LogP contribution >= 0.6 is 0 Å². The molecule has 0 radical (unpaired) electrons. The van der Waals surface area contributed by atoms with Crippen molar-refractivity contribution < 1.29 is 31.1 Å². The molecule has 1 aliphatic carbocycles. The number of hydrogen-bond acceptors (Lipinski definition) is 5. The van der Waals surface area contributed by atoms with Crippen LogP contribution in [-0.2, 0) is 25.5 Å². The lowest BCUT2D eigenvalue weighted by atomic mass is 9.72. The summed E-state index contributed by atoms with van der Waals surface area (Å²) in [5.41, 5.74) is 4.18. The molecule has 0 spiro atoms. The van der Waals surface area contributed by atoms with E-state index in [0.29, 0.717) is 45.0 Å². The highest BCUT2D eigenvalue weighted by atomic mass is 32.2. The summed E-state index contributed by atoms with van der Waals surface area (Å²) >= 11 is 0. The van der Waals surface area contributed by atoms with Crippen LogP contribution < -0.4 is 11.1 Å². The highest BCUT2D eigenvalue weighted by Crippen LogP contribution is 2.44. The molecule has 6 nitrogen and oxygen atoms in total. The third-order valence-corrected chi connectivity index (χ3v) is 9.05. The first-order chi connectivity index (χ1) is 13.8. The van der Waals surface area contributed by atoms with Gasteiger partial charge < -0.3 is 15.8 Å². The van der Waals surface area contributed by atoms with Gasteiger partial charge in [-0.2, -0.15) is 13.2 Å². The zero-order valence-electron chi connectivity index (χ0n) is 17.0. The van der Waals surface area contributed by atoms with E-state index in [1.807, 2.05) is 0 Å². The monoisotopic (exact) mass is 448 g/mol. The maximum atomic E-state index is 13.1. The topological polar surface area (TPSA) is 98.5 Å². The number of alkyl halides is 3. The van der Waals surface area contributed by atoms with Crippen molar-refractivity contribution in [3.63, 3.8) is 0 Å². The van der Waals surface area contributed by atoms with E-state index in [2.05, 4.69) is 5.32 Å². The standard InChI is InChI=1S/C20H27F3N2O4S/c1-18(2,30(27,28)16-5-3-4-13(12-16)20(21,22)23)14-10-15(11-14)25-17(26)19(24)6-8-29-9-7-19/h3-5,12,14-15H,6-11,24H2,1-2H3,(H,25,26)/t14-,15+. The number of amides is 1. The SMILES string of the molecule is CC(C)([C@H]1C[C@@H](NC(=O)C2(N)CCOCC2)C1)S(=O)(=O)c1cccc(C(F)(F)F)c1. The van der Waals surface area contributed by atoms with Crippen molar-refractivity contribution in [3.05, 3.63) is 29.8 Å². The van der Waals surface area contributed by atoms with Gasteiger partial charge in [-0.25, -0.2) is 8.42 Å². The van der Waals surface area contributed by atoms with Gasteiger partial charge in [0.05, 0.1) is 20.7 Å². The number of rotatable bonds is 5. The Morgan fingerprint density at radius 3 is 2.37 bits per heavy atom. The molecule has 1 aromatic rings. The summed E-state index contributed by atoms with van der Waals surface area (Å²) in [5.74, 6) is -0.571. The van der Waals surface area contributed by atoms with Crippen LogP contribution in [0.2, 0.25) is 0 Å². The fourth-order valence-corrected chi connectivity index (χ4v) is 5.74. The number of hydrogen-bond donors (Lipinski definition) is 2. The molecule has 3 rings (SSSR count). The van der Waals surface area contributed by atoms with E-state index in [0.717, 1.165) is 12.1 Å². The minimum absolute atomic E-state index is 0.207. The highest BCUT2D eigenvalue weighted by molar-refractivity contribution is 7.92. The van der Waals surface area contributed by atoms with E-state index in [-0.39, 0.29) is 22.8 Å². The summed E-state index contributed by atoms with van der Waals surface area (Å²) in [7, 11) is -4.02. The Morgan fingerprint density at radius 2 is 1.80 bits per heavy atom. The first kappa shape index (κ1) is 23.0. The molecule has 1 saturated heterocycles. The summed E-state index contributed by atoms with van der Waals surface area (Å²) in [6.45, 7) is 3.88. The van der Waals surface area contributed by atoms with Crippen molar-refractivity contribution in [2.75, 3.05) is 13.2 Å². The molecule has 168 valence electrons. The van der Waals surface area contributed by atoms with E-state index in [9.17, 15) is 26.4 Å². The quantitative estimate of drug-likeness (QED) is 0.722. The van der Waals surface area contributed by atoms with E-state index in [4.69, 9.17) is 10.5 Å². The van der Waals surface area contributed by atoms with Gasteiger partial charge in [0, 0.05) is 19.3 Å². The van der Waals surface area contributed by atoms with Crippen LogP contribution in [0.1, 0.15) is 45.1 Å². The molecule has 1 heterocycles. The average Bonchev–Trinajstić information content (AvgIpc) is 2.63. The van der Waals surface area contributed by atoms with Crippen LogP contribution in [0.3, 0.4) is 0 Å². The molecular weight excluding hydrogens is 421 g/mol. The van der Waals surface area contributed by atoms with Crippen LogP contribution in [0.25, 0.3) is 0 Å². The number of nitrogens with one attached hydrogen (secondary N) is 1. The third kappa shape index (κ3) is 4.22. The second kappa shape index (κ2) is 7.80. The summed E-state index contributed by atoms with van der Waals surface area (Å²) in [5, 5.41) is 2.89. The molecule has 30 heavy (non-hydrogen) atoms. The second-order valence-electron chi connectivity index (χ2n) is 8.74. The van der Waals surface area contributed by atoms with Crippen LogP contribution in [-0.4, -0.2) is 43.9 Å². The van der Waals surface area contributed by atoms with Crippen molar-refractivity contribution >= 4 is 15.7 Å². The minimum Gasteiger partial charge on any atom is -0.381 e. The molecule has 0 bridgehead atoms.